The fourth-order valence-corrected chi connectivity index (χ4v) is 2.19. The van der Waals surface area contributed by atoms with Gasteiger partial charge in [0.15, 0.2) is 0 Å². The molecule has 0 radical (unpaired) electrons. The van der Waals surface area contributed by atoms with Crippen molar-refractivity contribution in [2.24, 2.45) is 5.10 Å². The quantitative estimate of drug-likeness (QED) is 0.594. The molecule has 0 aliphatic rings. The number of hydrogen-bond acceptors (Lipinski definition) is 4. The Labute approximate surface area is 133 Å². The first kappa shape index (κ1) is 14.7. The molecule has 1 amide bonds. The molecule has 0 aliphatic heterocycles. The van der Waals surface area contributed by atoms with E-state index in [0.717, 1.165) is 11.1 Å². The van der Waals surface area contributed by atoms with Crippen molar-refractivity contribution in [3.63, 3.8) is 0 Å². The minimum Gasteiger partial charge on any atom is -0.469 e. The summed E-state index contributed by atoms with van der Waals surface area (Å²) in [7, 11) is 0. The summed E-state index contributed by atoms with van der Waals surface area (Å²) >= 11 is 0. The molecule has 23 heavy (non-hydrogen) atoms. The number of aryl methyl sites for hydroxylation is 1. The van der Waals surface area contributed by atoms with Crippen LogP contribution in [0, 0.1) is 6.92 Å². The van der Waals surface area contributed by atoms with Gasteiger partial charge in [-0.05, 0) is 25.1 Å². The van der Waals surface area contributed by atoms with E-state index in [2.05, 4.69) is 15.5 Å². The van der Waals surface area contributed by atoms with Crippen LogP contribution in [0.5, 0.6) is 0 Å². The minimum atomic E-state index is -0.307. The lowest BCUT2D eigenvalue weighted by molar-refractivity contribution is 0.0953. The Balaban J connectivity index is 1.93. The number of nitrogens with zero attached hydrogens (tertiary/aromatic N) is 2. The summed E-state index contributed by atoms with van der Waals surface area (Å²) in [4.78, 5) is 16.2. The number of hydrogen-bond donors (Lipinski definition) is 1. The van der Waals surface area contributed by atoms with Crippen LogP contribution >= 0.6 is 0 Å². The predicted octanol–water partition coefficient (Wildman–Crippen LogP) is 3.17. The van der Waals surface area contributed by atoms with Gasteiger partial charge in [0.05, 0.1) is 17.5 Å². The second-order valence-corrected chi connectivity index (χ2v) is 4.89. The third-order valence-corrected chi connectivity index (χ3v) is 3.37. The molecule has 5 nitrogen and oxygen atoms in total. The second-order valence-electron chi connectivity index (χ2n) is 4.89. The van der Waals surface area contributed by atoms with Crippen LogP contribution in [0.2, 0.25) is 0 Å². The van der Waals surface area contributed by atoms with Gasteiger partial charge in [0, 0.05) is 23.5 Å². The van der Waals surface area contributed by atoms with Crippen molar-refractivity contribution in [3.05, 3.63) is 89.6 Å². The molecule has 0 unspecified atom stereocenters. The molecule has 2 aromatic heterocycles. The van der Waals surface area contributed by atoms with E-state index in [4.69, 9.17) is 4.42 Å². The van der Waals surface area contributed by atoms with Gasteiger partial charge >= 0.3 is 0 Å². The first-order valence-corrected chi connectivity index (χ1v) is 7.13. The summed E-state index contributed by atoms with van der Waals surface area (Å²) in [5, 5.41) is 4.31. The van der Waals surface area contributed by atoms with Crippen molar-refractivity contribution in [3.8, 4) is 0 Å². The van der Waals surface area contributed by atoms with Crippen LogP contribution in [-0.4, -0.2) is 16.6 Å². The lowest BCUT2D eigenvalue weighted by Gasteiger charge is -2.07. The largest absolute Gasteiger partial charge is 0.469 e. The van der Waals surface area contributed by atoms with Gasteiger partial charge in [0.2, 0.25) is 0 Å². The number of aromatic nitrogens is 1. The zero-order valence-electron chi connectivity index (χ0n) is 12.6. The van der Waals surface area contributed by atoms with Gasteiger partial charge < -0.3 is 4.42 Å². The van der Waals surface area contributed by atoms with Crippen molar-refractivity contribution >= 4 is 11.6 Å². The van der Waals surface area contributed by atoms with E-state index in [9.17, 15) is 4.79 Å². The summed E-state index contributed by atoms with van der Waals surface area (Å²) in [5.41, 5.74) is 5.51. The van der Waals surface area contributed by atoms with E-state index < -0.39 is 0 Å². The highest BCUT2D eigenvalue weighted by molar-refractivity contribution is 6.13. The van der Waals surface area contributed by atoms with Crippen molar-refractivity contribution in [2.75, 3.05) is 0 Å². The van der Waals surface area contributed by atoms with E-state index >= 15 is 0 Å². The lowest BCUT2D eigenvalue weighted by atomic mass is 10.0. The van der Waals surface area contributed by atoms with E-state index in [1.165, 1.54) is 6.26 Å². The van der Waals surface area contributed by atoms with Crippen LogP contribution in [0.3, 0.4) is 0 Å². The van der Waals surface area contributed by atoms with Crippen LogP contribution < -0.4 is 5.43 Å². The maximum atomic E-state index is 12.2. The average molecular weight is 305 g/mol. The second kappa shape index (κ2) is 6.70. The topological polar surface area (TPSA) is 67.5 Å². The van der Waals surface area contributed by atoms with Gasteiger partial charge in [0.25, 0.3) is 5.91 Å². The molecule has 0 aliphatic carbocycles. The standard InChI is InChI=1S/C18H15N3O2/c1-13-16(9-12-23-13)18(22)21-20-17(14-5-3-2-4-6-14)15-7-10-19-11-8-15/h2-12H,1H3,(H,21,22)/b20-17+. The molecular weight excluding hydrogens is 290 g/mol. The molecule has 1 aromatic carbocycles. The van der Waals surface area contributed by atoms with Crippen LogP contribution in [0.1, 0.15) is 27.2 Å². The zero-order chi connectivity index (χ0) is 16.1. The van der Waals surface area contributed by atoms with E-state index in [-0.39, 0.29) is 5.91 Å². The molecule has 2 heterocycles. The average Bonchev–Trinajstić information content (AvgIpc) is 3.03. The number of amides is 1. The van der Waals surface area contributed by atoms with Gasteiger partial charge in [-0.3, -0.25) is 9.78 Å². The molecule has 5 heteroatoms. The predicted molar refractivity (Wildman–Crippen MR) is 87.2 cm³/mol. The van der Waals surface area contributed by atoms with Gasteiger partial charge in [-0.2, -0.15) is 5.10 Å². The van der Waals surface area contributed by atoms with Crippen LogP contribution in [0.4, 0.5) is 0 Å². The fourth-order valence-electron chi connectivity index (χ4n) is 2.19. The van der Waals surface area contributed by atoms with Crippen LogP contribution in [0.25, 0.3) is 0 Å². The number of carbonyl (C=O) groups is 1. The van der Waals surface area contributed by atoms with Crippen molar-refractivity contribution in [2.45, 2.75) is 6.92 Å². The molecule has 3 rings (SSSR count). The number of rotatable bonds is 4. The molecule has 0 bridgehead atoms. The Hall–Kier alpha value is -3.21. The third kappa shape index (κ3) is 3.35. The SMILES string of the molecule is Cc1occc1C(=O)N/N=C(\c1ccccc1)c1ccncc1. The van der Waals surface area contributed by atoms with Crippen LogP contribution in [0.15, 0.2) is 76.7 Å². The molecule has 1 N–H and O–H groups in total. The lowest BCUT2D eigenvalue weighted by Crippen LogP contribution is -2.20. The Bertz CT molecular complexity index is 782. The number of benzene rings is 1. The molecular formula is C18H15N3O2. The third-order valence-electron chi connectivity index (χ3n) is 3.37. The minimum absolute atomic E-state index is 0.307. The van der Waals surface area contributed by atoms with Crippen molar-refractivity contribution in [1.29, 1.82) is 0 Å². The summed E-state index contributed by atoms with van der Waals surface area (Å²) in [6, 6.07) is 15.0. The Morgan fingerprint density at radius 1 is 1.04 bits per heavy atom. The maximum Gasteiger partial charge on any atom is 0.274 e. The Morgan fingerprint density at radius 2 is 1.74 bits per heavy atom. The molecule has 3 aromatic rings. The van der Waals surface area contributed by atoms with Gasteiger partial charge in [0.1, 0.15) is 5.76 Å². The summed E-state index contributed by atoms with van der Waals surface area (Å²) in [6.07, 6.45) is 4.86. The highest BCUT2D eigenvalue weighted by Crippen LogP contribution is 2.11. The molecule has 0 fully saturated rings. The molecule has 0 saturated heterocycles. The smallest absolute Gasteiger partial charge is 0.274 e. The van der Waals surface area contributed by atoms with Gasteiger partial charge in [-0.1, -0.05) is 30.3 Å². The van der Waals surface area contributed by atoms with Gasteiger partial charge in [-0.25, -0.2) is 5.43 Å². The van der Waals surface area contributed by atoms with Crippen molar-refractivity contribution in [1.82, 2.24) is 10.4 Å². The molecule has 0 atom stereocenters. The Kier molecular flexibility index (Phi) is 4.29. The first-order valence-electron chi connectivity index (χ1n) is 7.13. The monoisotopic (exact) mass is 305 g/mol. The normalized spacial score (nSPS) is 11.3. The number of nitrogens with one attached hydrogen (secondary N) is 1. The maximum absolute atomic E-state index is 12.2. The fraction of sp³-hybridized carbons (Fsp3) is 0.0556. The number of hydrazone groups is 1. The number of furan rings is 1. The van der Waals surface area contributed by atoms with Gasteiger partial charge in [-0.15, -0.1) is 0 Å². The van der Waals surface area contributed by atoms with Crippen LogP contribution in [-0.2, 0) is 0 Å². The van der Waals surface area contributed by atoms with E-state index in [1.54, 1.807) is 25.4 Å². The summed E-state index contributed by atoms with van der Waals surface area (Å²) < 4.78 is 5.14. The first-order chi connectivity index (χ1) is 11.3. The van der Waals surface area contributed by atoms with E-state index in [0.29, 0.717) is 17.0 Å². The zero-order valence-corrected chi connectivity index (χ0v) is 12.6. The molecule has 0 spiro atoms. The summed E-state index contributed by atoms with van der Waals surface area (Å²) in [6.45, 7) is 1.74. The Morgan fingerprint density at radius 3 is 2.39 bits per heavy atom. The van der Waals surface area contributed by atoms with E-state index in [1.807, 2.05) is 42.5 Å². The molecule has 0 saturated carbocycles. The van der Waals surface area contributed by atoms with Crippen molar-refractivity contribution < 1.29 is 9.21 Å². The molecule has 114 valence electrons. The summed E-state index contributed by atoms with van der Waals surface area (Å²) in [5.74, 6) is 0.251. The highest BCUT2D eigenvalue weighted by atomic mass is 16.3. The number of pyridine rings is 1. The number of carbonyl (C=O) groups excluding carboxylic acids is 1. The highest BCUT2D eigenvalue weighted by Gasteiger charge is 2.12.